The van der Waals surface area contributed by atoms with Gasteiger partial charge in [0.2, 0.25) is 0 Å². The average Bonchev–Trinajstić information content (AvgIpc) is 2.91. The van der Waals surface area contributed by atoms with E-state index in [1.165, 1.54) is 6.07 Å². The summed E-state index contributed by atoms with van der Waals surface area (Å²) in [5, 5.41) is 9.23. The van der Waals surface area contributed by atoms with Crippen LogP contribution in [0.1, 0.15) is 23.7 Å². The molecule has 1 saturated heterocycles. The topological polar surface area (TPSA) is 79.3 Å². The standard InChI is InChI=1S/C14H16ClN3O2/c1-2-20-13-6-12(17)11(15)5-10(13)14(19)18-4-3-9(7-16)8-18/h5-6,9H,2-4,8,17H2,1H3. The molecule has 0 saturated carbocycles. The van der Waals surface area contributed by atoms with Crippen LogP contribution in [-0.4, -0.2) is 30.5 Å². The summed E-state index contributed by atoms with van der Waals surface area (Å²) in [6.45, 7) is 3.29. The van der Waals surface area contributed by atoms with Crippen molar-refractivity contribution >= 4 is 23.2 Å². The Bertz CT molecular complexity index is 568. The van der Waals surface area contributed by atoms with E-state index in [9.17, 15) is 4.79 Å². The SMILES string of the molecule is CCOc1cc(N)c(Cl)cc1C(=O)N1CCC(C#N)C1. The number of carbonyl (C=O) groups is 1. The molecule has 1 atom stereocenters. The second-order valence-electron chi connectivity index (χ2n) is 4.67. The van der Waals surface area contributed by atoms with Crippen molar-refractivity contribution in [3.8, 4) is 11.8 Å². The number of likely N-dealkylation sites (tertiary alicyclic amines) is 1. The predicted octanol–water partition coefficient (Wildman–Crippen LogP) is 2.31. The Balaban J connectivity index is 2.29. The Kier molecular flexibility index (Phi) is 4.35. The van der Waals surface area contributed by atoms with Crippen molar-refractivity contribution < 1.29 is 9.53 Å². The monoisotopic (exact) mass is 293 g/mol. The van der Waals surface area contributed by atoms with Crippen LogP contribution in [0.25, 0.3) is 0 Å². The van der Waals surface area contributed by atoms with Crippen LogP contribution in [0.4, 0.5) is 5.69 Å². The normalized spacial score (nSPS) is 17.9. The molecule has 1 amide bonds. The summed E-state index contributed by atoms with van der Waals surface area (Å²) in [5.74, 6) is 0.159. The molecule has 1 aliphatic rings. The third-order valence-corrected chi connectivity index (χ3v) is 3.61. The van der Waals surface area contributed by atoms with E-state index in [4.69, 9.17) is 27.3 Å². The van der Waals surface area contributed by atoms with E-state index in [1.807, 2.05) is 6.92 Å². The number of hydrogen-bond donors (Lipinski definition) is 1. The van der Waals surface area contributed by atoms with Gasteiger partial charge in [-0.25, -0.2) is 0 Å². The van der Waals surface area contributed by atoms with Crippen molar-refractivity contribution in [3.63, 3.8) is 0 Å². The fourth-order valence-corrected chi connectivity index (χ4v) is 2.40. The van der Waals surface area contributed by atoms with Crippen molar-refractivity contribution in [1.82, 2.24) is 4.90 Å². The van der Waals surface area contributed by atoms with Crippen molar-refractivity contribution in [2.45, 2.75) is 13.3 Å². The number of anilines is 1. The van der Waals surface area contributed by atoms with Gasteiger partial charge in [0, 0.05) is 19.2 Å². The zero-order valence-electron chi connectivity index (χ0n) is 11.2. The molecule has 106 valence electrons. The molecular weight excluding hydrogens is 278 g/mol. The lowest BCUT2D eigenvalue weighted by Gasteiger charge is -2.18. The summed E-state index contributed by atoms with van der Waals surface area (Å²) >= 11 is 5.99. The number of ether oxygens (including phenoxy) is 1. The predicted molar refractivity (Wildman–Crippen MR) is 76.7 cm³/mol. The molecular formula is C14H16ClN3O2. The van der Waals surface area contributed by atoms with Crippen LogP contribution in [0.3, 0.4) is 0 Å². The second kappa shape index (κ2) is 6.02. The third kappa shape index (κ3) is 2.81. The number of nitrogens with zero attached hydrogens (tertiary/aromatic N) is 2. The van der Waals surface area contributed by atoms with Crippen LogP contribution in [0.5, 0.6) is 5.75 Å². The van der Waals surface area contributed by atoms with Crippen molar-refractivity contribution in [3.05, 3.63) is 22.7 Å². The number of nitrogen functional groups attached to an aromatic ring is 1. The van der Waals surface area contributed by atoms with Crippen LogP contribution in [0, 0.1) is 17.2 Å². The van der Waals surface area contributed by atoms with Crippen molar-refractivity contribution in [2.24, 2.45) is 5.92 Å². The number of carbonyl (C=O) groups excluding carboxylic acids is 1. The first-order chi connectivity index (χ1) is 9.56. The van der Waals surface area contributed by atoms with E-state index in [-0.39, 0.29) is 11.8 Å². The van der Waals surface area contributed by atoms with Gasteiger partial charge in [0.05, 0.1) is 34.9 Å². The van der Waals surface area contributed by atoms with E-state index in [0.717, 1.165) is 0 Å². The molecule has 1 heterocycles. The number of amides is 1. The first-order valence-corrected chi connectivity index (χ1v) is 6.85. The summed E-state index contributed by atoms with van der Waals surface area (Å²) in [5.41, 5.74) is 6.51. The Morgan fingerprint density at radius 2 is 2.40 bits per heavy atom. The maximum Gasteiger partial charge on any atom is 0.257 e. The van der Waals surface area contributed by atoms with E-state index >= 15 is 0 Å². The first kappa shape index (κ1) is 14.5. The largest absolute Gasteiger partial charge is 0.493 e. The fraction of sp³-hybridized carbons (Fsp3) is 0.429. The van der Waals surface area contributed by atoms with E-state index in [2.05, 4.69) is 6.07 Å². The van der Waals surface area contributed by atoms with E-state index in [1.54, 1.807) is 11.0 Å². The molecule has 5 nitrogen and oxygen atoms in total. The minimum absolute atomic E-state index is 0.0984. The van der Waals surface area contributed by atoms with Gasteiger partial charge in [-0.2, -0.15) is 5.26 Å². The van der Waals surface area contributed by atoms with Gasteiger partial charge < -0.3 is 15.4 Å². The van der Waals surface area contributed by atoms with Crippen LogP contribution in [-0.2, 0) is 0 Å². The van der Waals surface area contributed by atoms with Gasteiger partial charge in [-0.3, -0.25) is 4.79 Å². The van der Waals surface area contributed by atoms with E-state index in [0.29, 0.717) is 48.1 Å². The summed E-state index contributed by atoms with van der Waals surface area (Å²) in [4.78, 5) is 14.2. The fourth-order valence-electron chi connectivity index (χ4n) is 2.23. The Morgan fingerprint density at radius 3 is 3.00 bits per heavy atom. The highest BCUT2D eigenvalue weighted by atomic mass is 35.5. The van der Waals surface area contributed by atoms with Gasteiger partial charge in [-0.15, -0.1) is 0 Å². The van der Waals surface area contributed by atoms with Crippen molar-refractivity contribution in [1.29, 1.82) is 5.26 Å². The maximum absolute atomic E-state index is 12.5. The summed E-state index contributed by atoms with van der Waals surface area (Å²) < 4.78 is 5.46. The highest BCUT2D eigenvalue weighted by molar-refractivity contribution is 6.33. The molecule has 2 N–H and O–H groups in total. The minimum atomic E-state index is -0.173. The number of hydrogen-bond acceptors (Lipinski definition) is 4. The molecule has 1 unspecified atom stereocenters. The van der Waals surface area contributed by atoms with Gasteiger partial charge in [-0.05, 0) is 19.4 Å². The lowest BCUT2D eigenvalue weighted by atomic mass is 10.1. The first-order valence-electron chi connectivity index (χ1n) is 6.47. The lowest BCUT2D eigenvalue weighted by molar-refractivity contribution is 0.0786. The van der Waals surface area contributed by atoms with Gasteiger partial charge >= 0.3 is 0 Å². The number of halogens is 1. The third-order valence-electron chi connectivity index (χ3n) is 3.29. The molecule has 0 aliphatic carbocycles. The second-order valence-corrected chi connectivity index (χ2v) is 5.08. The van der Waals surface area contributed by atoms with E-state index < -0.39 is 0 Å². The summed E-state index contributed by atoms with van der Waals surface area (Å²) in [7, 11) is 0. The molecule has 1 aromatic carbocycles. The Morgan fingerprint density at radius 1 is 1.65 bits per heavy atom. The molecule has 0 aromatic heterocycles. The summed E-state index contributed by atoms with van der Waals surface area (Å²) in [6, 6.07) is 5.29. The van der Waals surface area contributed by atoms with Gasteiger partial charge in [0.15, 0.2) is 0 Å². The maximum atomic E-state index is 12.5. The molecule has 2 rings (SSSR count). The number of nitriles is 1. The van der Waals surface area contributed by atoms with Crippen LogP contribution in [0.2, 0.25) is 5.02 Å². The Labute approximate surface area is 122 Å². The zero-order chi connectivity index (χ0) is 14.7. The highest BCUT2D eigenvalue weighted by Gasteiger charge is 2.28. The van der Waals surface area contributed by atoms with Crippen LogP contribution in [0.15, 0.2) is 12.1 Å². The van der Waals surface area contributed by atoms with Gasteiger partial charge in [-0.1, -0.05) is 11.6 Å². The van der Waals surface area contributed by atoms with Gasteiger partial charge in [0.1, 0.15) is 5.75 Å². The van der Waals surface area contributed by atoms with Crippen molar-refractivity contribution in [2.75, 3.05) is 25.4 Å². The lowest BCUT2D eigenvalue weighted by Crippen LogP contribution is -2.29. The molecule has 0 bridgehead atoms. The number of nitrogens with two attached hydrogens (primary N) is 1. The highest BCUT2D eigenvalue weighted by Crippen LogP contribution is 2.31. The number of rotatable bonds is 3. The molecule has 1 aromatic rings. The molecule has 0 spiro atoms. The molecule has 6 heteroatoms. The minimum Gasteiger partial charge on any atom is -0.493 e. The molecule has 0 radical (unpaired) electrons. The summed E-state index contributed by atoms with van der Waals surface area (Å²) in [6.07, 6.45) is 0.703. The zero-order valence-corrected chi connectivity index (χ0v) is 12.0. The molecule has 1 fully saturated rings. The quantitative estimate of drug-likeness (QED) is 0.867. The average molecular weight is 294 g/mol. The van der Waals surface area contributed by atoms with Crippen LogP contribution >= 0.6 is 11.6 Å². The molecule has 20 heavy (non-hydrogen) atoms. The smallest absolute Gasteiger partial charge is 0.257 e. The molecule has 1 aliphatic heterocycles. The van der Waals surface area contributed by atoms with Crippen LogP contribution < -0.4 is 10.5 Å². The number of benzene rings is 1. The Hall–Kier alpha value is -1.93. The van der Waals surface area contributed by atoms with Gasteiger partial charge in [0.25, 0.3) is 5.91 Å².